The summed E-state index contributed by atoms with van der Waals surface area (Å²) in [5, 5.41) is 12.3. The summed E-state index contributed by atoms with van der Waals surface area (Å²) in [6, 6.07) is 17.8. The van der Waals surface area contributed by atoms with Crippen LogP contribution >= 0.6 is 11.3 Å². The molecule has 0 spiro atoms. The number of nitrogens with one attached hydrogen (secondary N) is 1. The lowest BCUT2D eigenvalue weighted by Gasteiger charge is -2.06. The lowest BCUT2D eigenvalue weighted by atomic mass is 10.2. The number of carbonyl (C=O) groups is 1. The largest absolute Gasteiger partial charge is 0.494 e. The van der Waals surface area contributed by atoms with E-state index >= 15 is 0 Å². The smallest absolute Gasteiger partial charge is 0.226 e. The fourth-order valence-corrected chi connectivity index (χ4v) is 3.20. The average Bonchev–Trinajstić information content (AvgIpc) is 3.11. The molecule has 0 saturated heterocycles. The van der Waals surface area contributed by atoms with Crippen LogP contribution in [0, 0.1) is 6.92 Å². The molecule has 5 nitrogen and oxygen atoms in total. The van der Waals surface area contributed by atoms with Crippen molar-refractivity contribution in [2.24, 2.45) is 0 Å². The van der Waals surface area contributed by atoms with Crippen molar-refractivity contribution in [2.75, 3.05) is 11.9 Å². The molecule has 1 amide bonds. The van der Waals surface area contributed by atoms with Crippen LogP contribution in [0.1, 0.15) is 24.8 Å². The van der Waals surface area contributed by atoms with E-state index < -0.39 is 0 Å². The van der Waals surface area contributed by atoms with Gasteiger partial charge in [-0.05, 0) is 37.5 Å². The highest BCUT2D eigenvalue weighted by molar-refractivity contribution is 7.18. The number of carbonyl (C=O) groups excluding carboxylic acids is 1. The predicted octanol–water partition coefficient (Wildman–Crippen LogP) is 4.70. The molecule has 0 unspecified atom stereocenters. The zero-order valence-electron chi connectivity index (χ0n) is 14.6. The topological polar surface area (TPSA) is 64.1 Å². The second kappa shape index (κ2) is 9.10. The molecule has 0 aliphatic rings. The molecule has 6 heteroatoms. The number of benzene rings is 2. The molecule has 0 bridgehead atoms. The molecule has 26 heavy (non-hydrogen) atoms. The van der Waals surface area contributed by atoms with E-state index in [2.05, 4.69) is 15.5 Å². The van der Waals surface area contributed by atoms with Gasteiger partial charge in [-0.25, -0.2) is 0 Å². The van der Waals surface area contributed by atoms with Crippen LogP contribution in [-0.2, 0) is 4.79 Å². The van der Waals surface area contributed by atoms with Crippen molar-refractivity contribution in [3.05, 3.63) is 60.2 Å². The van der Waals surface area contributed by atoms with Crippen LogP contribution in [0.15, 0.2) is 54.6 Å². The number of nitrogens with zero attached hydrogens (tertiary/aromatic N) is 2. The minimum atomic E-state index is -0.0451. The lowest BCUT2D eigenvalue weighted by Crippen LogP contribution is -2.11. The Morgan fingerprint density at radius 1 is 1.08 bits per heavy atom. The number of anilines is 1. The molecule has 3 aromatic rings. The molecule has 2 aromatic carbocycles. The number of aryl methyl sites for hydroxylation is 1. The van der Waals surface area contributed by atoms with Crippen molar-refractivity contribution in [3.8, 4) is 16.3 Å². The highest BCUT2D eigenvalue weighted by Crippen LogP contribution is 2.26. The standard InChI is InChI=1S/C20H21N3O2S/c1-15-8-7-11-17(14-15)25-13-6-5-12-18(24)21-20-23-22-19(26-20)16-9-3-2-4-10-16/h2-4,7-11,14H,5-6,12-13H2,1H3,(H,21,23,24). The number of aromatic nitrogens is 2. The Morgan fingerprint density at radius 3 is 2.73 bits per heavy atom. The van der Waals surface area contributed by atoms with Crippen molar-refractivity contribution in [1.82, 2.24) is 10.2 Å². The maximum atomic E-state index is 12.0. The normalized spacial score (nSPS) is 10.5. The van der Waals surface area contributed by atoms with Gasteiger partial charge in [-0.3, -0.25) is 4.79 Å². The number of amides is 1. The summed E-state index contributed by atoms with van der Waals surface area (Å²) in [5.74, 6) is 0.827. The SMILES string of the molecule is Cc1cccc(OCCCCC(=O)Nc2nnc(-c3ccccc3)s2)c1. The summed E-state index contributed by atoms with van der Waals surface area (Å²) in [4.78, 5) is 12.0. The average molecular weight is 367 g/mol. The molecular weight excluding hydrogens is 346 g/mol. The third-order valence-electron chi connectivity index (χ3n) is 3.75. The minimum Gasteiger partial charge on any atom is -0.494 e. The molecule has 0 aliphatic carbocycles. The quantitative estimate of drug-likeness (QED) is 0.586. The Kier molecular flexibility index (Phi) is 6.33. The van der Waals surface area contributed by atoms with E-state index in [1.165, 1.54) is 16.9 Å². The molecule has 0 radical (unpaired) electrons. The monoisotopic (exact) mass is 367 g/mol. The molecule has 0 aliphatic heterocycles. The van der Waals surface area contributed by atoms with Crippen molar-refractivity contribution in [2.45, 2.75) is 26.2 Å². The fourth-order valence-electron chi connectivity index (χ4n) is 2.44. The summed E-state index contributed by atoms with van der Waals surface area (Å²) in [6.45, 7) is 2.64. The maximum Gasteiger partial charge on any atom is 0.226 e. The van der Waals surface area contributed by atoms with Crippen molar-refractivity contribution in [1.29, 1.82) is 0 Å². The first-order chi connectivity index (χ1) is 12.7. The van der Waals surface area contributed by atoms with Crippen LogP contribution in [0.25, 0.3) is 10.6 Å². The van der Waals surface area contributed by atoms with E-state index in [1.807, 2.05) is 61.5 Å². The maximum absolute atomic E-state index is 12.0. The van der Waals surface area contributed by atoms with Gasteiger partial charge in [0, 0.05) is 12.0 Å². The molecule has 134 valence electrons. The third kappa shape index (κ3) is 5.39. The summed E-state index contributed by atoms with van der Waals surface area (Å²) >= 11 is 1.38. The van der Waals surface area contributed by atoms with Crippen molar-refractivity contribution in [3.63, 3.8) is 0 Å². The number of hydrogen-bond donors (Lipinski definition) is 1. The van der Waals surface area contributed by atoms with Crippen molar-refractivity contribution < 1.29 is 9.53 Å². The van der Waals surface area contributed by atoms with E-state index in [0.29, 0.717) is 18.2 Å². The second-order valence-electron chi connectivity index (χ2n) is 5.95. The molecule has 1 N–H and O–H groups in total. The fraction of sp³-hybridized carbons (Fsp3) is 0.250. The van der Waals surface area contributed by atoms with Gasteiger partial charge in [-0.15, -0.1) is 10.2 Å². The molecule has 0 fully saturated rings. The summed E-state index contributed by atoms with van der Waals surface area (Å²) < 4.78 is 5.69. The van der Waals surface area contributed by atoms with Gasteiger partial charge in [0.25, 0.3) is 0 Å². The number of ether oxygens (including phenoxy) is 1. The van der Waals surface area contributed by atoms with E-state index in [9.17, 15) is 4.79 Å². The van der Waals surface area contributed by atoms with Gasteiger partial charge in [-0.1, -0.05) is 53.8 Å². The van der Waals surface area contributed by atoms with Crippen LogP contribution in [-0.4, -0.2) is 22.7 Å². The summed E-state index contributed by atoms with van der Waals surface area (Å²) in [7, 11) is 0. The van der Waals surface area contributed by atoms with E-state index in [4.69, 9.17) is 4.74 Å². The zero-order chi connectivity index (χ0) is 18.2. The molecule has 0 atom stereocenters. The lowest BCUT2D eigenvalue weighted by molar-refractivity contribution is -0.116. The van der Waals surface area contributed by atoms with Crippen LogP contribution in [0.2, 0.25) is 0 Å². The Morgan fingerprint density at radius 2 is 1.92 bits per heavy atom. The predicted molar refractivity (Wildman–Crippen MR) is 104 cm³/mol. The first kappa shape index (κ1) is 18.1. The molecule has 3 rings (SSSR count). The number of hydrogen-bond acceptors (Lipinski definition) is 5. The number of rotatable bonds is 8. The first-order valence-corrected chi connectivity index (χ1v) is 9.40. The van der Waals surface area contributed by atoms with Crippen LogP contribution in [0.4, 0.5) is 5.13 Å². The van der Waals surface area contributed by atoms with Crippen LogP contribution in [0.5, 0.6) is 5.75 Å². The van der Waals surface area contributed by atoms with Crippen molar-refractivity contribution >= 4 is 22.4 Å². The number of unbranched alkanes of at least 4 members (excludes halogenated alkanes) is 1. The zero-order valence-corrected chi connectivity index (χ0v) is 15.5. The Hall–Kier alpha value is -2.73. The Balaban J connectivity index is 1.37. The van der Waals surface area contributed by atoms with Gasteiger partial charge >= 0.3 is 0 Å². The Labute approximate surface area is 157 Å². The van der Waals surface area contributed by atoms with Gasteiger partial charge in [0.15, 0.2) is 0 Å². The molecular formula is C20H21N3O2S. The van der Waals surface area contributed by atoms with Gasteiger partial charge in [0.1, 0.15) is 10.8 Å². The van der Waals surface area contributed by atoms with Gasteiger partial charge < -0.3 is 10.1 Å². The van der Waals surface area contributed by atoms with Crippen LogP contribution in [0.3, 0.4) is 0 Å². The highest BCUT2D eigenvalue weighted by atomic mass is 32.1. The van der Waals surface area contributed by atoms with Gasteiger partial charge in [0.05, 0.1) is 6.61 Å². The van der Waals surface area contributed by atoms with Gasteiger partial charge in [-0.2, -0.15) is 0 Å². The summed E-state index contributed by atoms with van der Waals surface area (Å²) in [6.07, 6.45) is 2.03. The summed E-state index contributed by atoms with van der Waals surface area (Å²) in [5.41, 5.74) is 2.17. The van der Waals surface area contributed by atoms with E-state index in [-0.39, 0.29) is 5.91 Å². The Bertz CT molecular complexity index is 849. The van der Waals surface area contributed by atoms with Crippen LogP contribution < -0.4 is 10.1 Å². The molecule has 0 saturated carbocycles. The molecule has 1 heterocycles. The van der Waals surface area contributed by atoms with Gasteiger partial charge in [0.2, 0.25) is 11.0 Å². The van der Waals surface area contributed by atoms with E-state index in [0.717, 1.165) is 29.2 Å². The third-order valence-corrected chi connectivity index (χ3v) is 4.64. The highest BCUT2D eigenvalue weighted by Gasteiger charge is 2.09. The first-order valence-electron chi connectivity index (χ1n) is 8.59. The minimum absolute atomic E-state index is 0.0451. The molecule has 1 aromatic heterocycles. The second-order valence-corrected chi connectivity index (χ2v) is 6.93. The van der Waals surface area contributed by atoms with E-state index in [1.54, 1.807) is 0 Å².